The first-order valence-electron chi connectivity index (χ1n) is 12.1. The number of benzene rings is 3. The van der Waals surface area contributed by atoms with Crippen LogP contribution in [0.3, 0.4) is 0 Å². The molecule has 4 rings (SSSR count). The molecule has 0 radical (unpaired) electrons. The first-order chi connectivity index (χ1) is 17.0. The normalized spacial score (nSPS) is 14.6. The van der Waals surface area contributed by atoms with Crippen LogP contribution in [0.4, 0.5) is 5.69 Å². The Morgan fingerprint density at radius 1 is 0.971 bits per heavy atom. The van der Waals surface area contributed by atoms with Crippen LogP contribution >= 0.6 is 0 Å². The van der Waals surface area contributed by atoms with Crippen molar-refractivity contribution in [3.05, 3.63) is 89.5 Å². The van der Waals surface area contributed by atoms with Crippen LogP contribution in [0.1, 0.15) is 21.5 Å². The quantitative estimate of drug-likeness (QED) is 0.340. The lowest BCUT2D eigenvalue weighted by molar-refractivity contribution is 0.104. The number of hydrogen-bond acceptors (Lipinski definition) is 5. The van der Waals surface area contributed by atoms with Crippen LogP contribution in [0.5, 0.6) is 5.75 Å². The maximum absolute atomic E-state index is 13.5. The zero-order chi connectivity index (χ0) is 24.8. The fourth-order valence-corrected chi connectivity index (χ4v) is 4.54. The Kier molecular flexibility index (Phi) is 8.01. The second kappa shape index (κ2) is 11.3. The summed E-state index contributed by atoms with van der Waals surface area (Å²) in [7, 11) is 7.94. The van der Waals surface area contributed by atoms with Crippen molar-refractivity contribution in [2.75, 3.05) is 59.3 Å². The number of anilines is 1. The second-order valence-electron chi connectivity index (χ2n) is 9.36. The number of ketones is 1. The molecule has 1 aliphatic heterocycles. The van der Waals surface area contributed by atoms with E-state index in [4.69, 9.17) is 4.74 Å². The van der Waals surface area contributed by atoms with E-state index in [1.807, 2.05) is 48.5 Å². The van der Waals surface area contributed by atoms with Gasteiger partial charge in [-0.3, -0.25) is 4.79 Å². The predicted octanol–water partition coefficient (Wildman–Crippen LogP) is 5.07. The van der Waals surface area contributed by atoms with Crippen molar-refractivity contribution in [3.63, 3.8) is 0 Å². The Labute approximate surface area is 209 Å². The van der Waals surface area contributed by atoms with Crippen LogP contribution in [0.25, 0.3) is 17.2 Å². The number of carbonyl (C=O) groups is 1. The Morgan fingerprint density at radius 3 is 2.43 bits per heavy atom. The first-order valence-corrected chi connectivity index (χ1v) is 12.1. The molecule has 5 nitrogen and oxygen atoms in total. The first kappa shape index (κ1) is 24.7. The third-order valence-electron chi connectivity index (χ3n) is 6.48. The van der Waals surface area contributed by atoms with E-state index in [1.54, 1.807) is 13.2 Å². The number of carbonyl (C=O) groups excluding carboxylic acids is 1. The summed E-state index contributed by atoms with van der Waals surface area (Å²) in [5.41, 5.74) is 6.06. The molecule has 0 N–H and O–H groups in total. The number of ether oxygens (including phenoxy) is 1. The van der Waals surface area contributed by atoms with Crippen molar-refractivity contribution >= 4 is 17.5 Å². The number of rotatable bonds is 8. The lowest BCUT2D eigenvalue weighted by Crippen LogP contribution is -2.45. The minimum atomic E-state index is 0.0187. The Bertz CT molecular complexity index is 1190. The molecule has 3 aromatic carbocycles. The second-order valence-corrected chi connectivity index (χ2v) is 9.36. The molecule has 0 amide bonds. The summed E-state index contributed by atoms with van der Waals surface area (Å²) in [5, 5.41) is 0. The zero-order valence-corrected chi connectivity index (χ0v) is 21.2. The van der Waals surface area contributed by atoms with Gasteiger partial charge in [-0.25, -0.2) is 0 Å². The molecule has 1 saturated heterocycles. The number of likely N-dealkylation sites (N-methyl/N-ethyl adjacent to an activating group) is 1. The molecule has 0 aromatic heterocycles. The maximum atomic E-state index is 13.5. The molecule has 5 heteroatoms. The van der Waals surface area contributed by atoms with Gasteiger partial charge in [-0.1, -0.05) is 54.6 Å². The van der Waals surface area contributed by atoms with Crippen LogP contribution < -0.4 is 9.64 Å². The molecule has 3 aromatic rings. The highest BCUT2D eigenvalue weighted by molar-refractivity contribution is 6.11. The maximum Gasteiger partial charge on any atom is 0.187 e. The van der Waals surface area contributed by atoms with Gasteiger partial charge in [0.15, 0.2) is 5.78 Å². The highest BCUT2D eigenvalue weighted by Crippen LogP contribution is 2.34. The van der Waals surface area contributed by atoms with Gasteiger partial charge in [-0.15, -0.1) is 0 Å². The minimum absolute atomic E-state index is 0.0187. The molecule has 0 atom stereocenters. The molecule has 0 saturated carbocycles. The van der Waals surface area contributed by atoms with Gasteiger partial charge in [0.25, 0.3) is 0 Å². The van der Waals surface area contributed by atoms with E-state index in [0.717, 1.165) is 66.4 Å². The molecular formula is C30H35N3O2. The van der Waals surface area contributed by atoms with Gasteiger partial charge in [0.05, 0.1) is 7.11 Å². The van der Waals surface area contributed by atoms with Gasteiger partial charge in [-0.2, -0.15) is 0 Å². The van der Waals surface area contributed by atoms with Gasteiger partial charge in [-0.05, 0) is 62.1 Å². The van der Waals surface area contributed by atoms with E-state index in [9.17, 15) is 4.79 Å². The highest BCUT2D eigenvalue weighted by Gasteiger charge is 2.21. The van der Waals surface area contributed by atoms with E-state index >= 15 is 0 Å². The van der Waals surface area contributed by atoms with Crippen LogP contribution in [-0.2, 0) is 6.54 Å². The van der Waals surface area contributed by atoms with Crippen LogP contribution in [0.15, 0.2) is 72.8 Å². The van der Waals surface area contributed by atoms with Crippen molar-refractivity contribution in [1.29, 1.82) is 0 Å². The summed E-state index contributed by atoms with van der Waals surface area (Å²) in [5.74, 6) is 0.846. The standard InChI is InChI=1S/C30H35N3O2/c1-31(2)22-25-10-6-5-9-23(25)14-16-29(34)27-15-13-24(26-11-7-8-12-30(26)35-4)21-28(27)33-19-17-32(3)18-20-33/h5-16,21H,17-20,22H2,1-4H3/b16-14+. The Balaban J connectivity index is 1.70. The fraction of sp³-hybridized carbons (Fsp3) is 0.300. The van der Waals surface area contributed by atoms with Crippen molar-refractivity contribution in [2.45, 2.75) is 6.54 Å². The van der Waals surface area contributed by atoms with Gasteiger partial charge in [0.1, 0.15) is 5.75 Å². The third-order valence-corrected chi connectivity index (χ3v) is 6.48. The highest BCUT2D eigenvalue weighted by atomic mass is 16.5. The summed E-state index contributed by atoms with van der Waals surface area (Å²) >= 11 is 0. The molecule has 1 heterocycles. The van der Waals surface area contributed by atoms with Crippen LogP contribution in [0.2, 0.25) is 0 Å². The van der Waals surface area contributed by atoms with Crippen molar-refractivity contribution in [2.24, 2.45) is 0 Å². The zero-order valence-electron chi connectivity index (χ0n) is 21.2. The SMILES string of the molecule is COc1ccccc1-c1ccc(C(=O)/C=C/c2ccccc2CN(C)C)c(N2CCN(C)CC2)c1. The van der Waals surface area contributed by atoms with E-state index in [2.05, 4.69) is 60.1 Å². The lowest BCUT2D eigenvalue weighted by Gasteiger charge is -2.35. The van der Waals surface area contributed by atoms with E-state index in [0.29, 0.717) is 0 Å². The third kappa shape index (κ3) is 5.99. The molecule has 0 spiro atoms. The topological polar surface area (TPSA) is 36.0 Å². The number of hydrogen-bond donors (Lipinski definition) is 0. The fourth-order valence-electron chi connectivity index (χ4n) is 4.54. The van der Waals surface area contributed by atoms with Gasteiger partial charge < -0.3 is 19.4 Å². The predicted molar refractivity (Wildman–Crippen MR) is 145 cm³/mol. The molecule has 0 unspecified atom stereocenters. The van der Waals surface area contributed by atoms with E-state index < -0.39 is 0 Å². The Hall–Kier alpha value is -3.41. The lowest BCUT2D eigenvalue weighted by atomic mass is 9.98. The van der Waals surface area contributed by atoms with Gasteiger partial charge >= 0.3 is 0 Å². The van der Waals surface area contributed by atoms with E-state index in [-0.39, 0.29) is 5.78 Å². The molecular weight excluding hydrogens is 434 g/mol. The smallest absolute Gasteiger partial charge is 0.187 e. The number of methoxy groups -OCH3 is 1. The summed E-state index contributed by atoms with van der Waals surface area (Å²) in [6.07, 6.45) is 3.66. The molecule has 0 aliphatic carbocycles. The summed E-state index contributed by atoms with van der Waals surface area (Å²) in [4.78, 5) is 20.3. The minimum Gasteiger partial charge on any atom is -0.496 e. The largest absolute Gasteiger partial charge is 0.496 e. The van der Waals surface area contributed by atoms with Gasteiger partial charge in [0, 0.05) is 49.5 Å². The summed E-state index contributed by atoms with van der Waals surface area (Å²) in [6, 6.07) is 22.4. The summed E-state index contributed by atoms with van der Waals surface area (Å²) < 4.78 is 5.60. The average Bonchev–Trinajstić information content (AvgIpc) is 2.88. The van der Waals surface area contributed by atoms with Crippen LogP contribution in [0, 0.1) is 0 Å². The molecule has 182 valence electrons. The number of piperazine rings is 1. The van der Waals surface area contributed by atoms with Crippen molar-refractivity contribution in [1.82, 2.24) is 9.80 Å². The Morgan fingerprint density at radius 2 is 1.69 bits per heavy atom. The molecule has 1 fully saturated rings. The number of nitrogens with zero attached hydrogens (tertiary/aromatic N) is 3. The average molecular weight is 470 g/mol. The van der Waals surface area contributed by atoms with E-state index in [1.165, 1.54) is 5.56 Å². The molecule has 35 heavy (non-hydrogen) atoms. The van der Waals surface area contributed by atoms with Crippen molar-refractivity contribution in [3.8, 4) is 16.9 Å². The number of para-hydroxylation sites is 1. The van der Waals surface area contributed by atoms with Crippen LogP contribution in [-0.4, -0.2) is 70.0 Å². The molecule has 0 bridgehead atoms. The monoisotopic (exact) mass is 469 g/mol. The number of allylic oxidation sites excluding steroid dienone is 1. The molecule has 1 aliphatic rings. The van der Waals surface area contributed by atoms with Gasteiger partial charge in [0.2, 0.25) is 0 Å². The summed E-state index contributed by atoms with van der Waals surface area (Å²) in [6.45, 7) is 4.55. The van der Waals surface area contributed by atoms with Crippen molar-refractivity contribution < 1.29 is 9.53 Å².